The van der Waals surface area contributed by atoms with Crippen LogP contribution in [0.15, 0.2) is 0 Å². The third-order valence-corrected chi connectivity index (χ3v) is 2.55. The maximum atomic E-state index is 9.89. The van der Waals surface area contributed by atoms with Gasteiger partial charge >= 0.3 is 0 Å². The first kappa shape index (κ1) is 12.9. The quantitative estimate of drug-likeness (QED) is 0.641. The molecular weight excluding hydrogens is 162 g/mol. The van der Waals surface area contributed by atoms with E-state index >= 15 is 0 Å². The highest BCUT2D eigenvalue weighted by Gasteiger charge is 2.19. The van der Waals surface area contributed by atoms with Gasteiger partial charge in [-0.3, -0.25) is 0 Å². The summed E-state index contributed by atoms with van der Waals surface area (Å²) in [6.07, 6.45) is 4.19. The predicted octanol–water partition coefficient (Wildman–Crippen LogP) is 2.32. The summed E-state index contributed by atoms with van der Waals surface area (Å²) in [5, 5.41) is 13.3. The van der Waals surface area contributed by atoms with Crippen molar-refractivity contribution in [3.63, 3.8) is 0 Å². The second kappa shape index (κ2) is 6.39. The van der Waals surface area contributed by atoms with Crippen LogP contribution in [0, 0.1) is 0 Å². The lowest BCUT2D eigenvalue weighted by molar-refractivity contribution is 0.0469. The number of hydrogen-bond acceptors (Lipinski definition) is 2. The Balaban J connectivity index is 3.71. The monoisotopic (exact) mass is 187 g/mol. The summed E-state index contributed by atoms with van der Waals surface area (Å²) in [6, 6.07) is 0.559. The zero-order chi connectivity index (χ0) is 10.3. The minimum absolute atomic E-state index is 0.530. The average molecular weight is 187 g/mol. The highest BCUT2D eigenvalue weighted by atomic mass is 16.3. The largest absolute Gasteiger partial charge is 0.389 e. The first-order valence-corrected chi connectivity index (χ1v) is 5.51. The van der Waals surface area contributed by atoms with Crippen molar-refractivity contribution in [3.05, 3.63) is 0 Å². The van der Waals surface area contributed by atoms with Gasteiger partial charge in [-0.2, -0.15) is 0 Å². The summed E-state index contributed by atoms with van der Waals surface area (Å²) < 4.78 is 0. The van der Waals surface area contributed by atoms with Crippen LogP contribution < -0.4 is 5.32 Å². The molecule has 0 amide bonds. The molecule has 2 N–H and O–H groups in total. The molecule has 0 aromatic heterocycles. The fourth-order valence-electron chi connectivity index (χ4n) is 1.57. The van der Waals surface area contributed by atoms with Crippen molar-refractivity contribution in [2.45, 2.75) is 65.0 Å². The van der Waals surface area contributed by atoms with Crippen molar-refractivity contribution in [2.24, 2.45) is 0 Å². The normalized spacial score (nSPS) is 16.2. The molecule has 0 aliphatic heterocycles. The Bertz CT molecular complexity index is 119. The Hall–Kier alpha value is -0.0800. The maximum absolute atomic E-state index is 9.89. The molecule has 0 fully saturated rings. The molecule has 0 rings (SSSR count). The summed E-state index contributed by atoms with van der Waals surface area (Å²) in [5.74, 6) is 0. The molecule has 1 unspecified atom stereocenters. The van der Waals surface area contributed by atoms with Crippen molar-refractivity contribution < 1.29 is 5.11 Å². The summed E-state index contributed by atoms with van der Waals surface area (Å²) in [5.41, 5.74) is -0.530. The van der Waals surface area contributed by atoms with Gasteiger partial charge in [0.15, 0.2) is 0 Å². The van der Waals surface area contributed by atoms with Crippen molar-refractivity contribution in [1.82, 2.24) is 5.32 Å². The van der Waals surface area contributed by atoms with Crippen LogP contribution in [0.4, 0.5) is 0 Å². The molecular formula is C11H25NO. The van der Waals surface area contributed by atoms with Gasteiger partial charge in [-0.15, -0.1) is 0 Å². The minimum atomic E-state index is -0.530. The fraction of sp³-hybridized carbons (Fsp3) is 1.00. The lowest BCUT2D eigenvalue weighted by atomic mass is 10.00. The van der Waals surface area contributed by atoms with E-state index in [1.54, 1.807) is 0 Å². The molecule has 0 bridgehead atoms. The maximum Gasteiger partial charge on any atom is 0.0743 e. The molecule has 0 aliphatic rings. The van der Waals surface area contributed by atoms with Crippen LogP contribution in [0.25, 0.3) is 0 Å². The first-order chi connectivity index (χ1) is 6.05. The molecule has 0 aromatic carbocycles. The summed E-state index contributed by atoms with van der Waals surface area (Å²) in [7, 11) is 0. The predicted molar refractivity (Wildman–Crippen MR) is 57.9 cm³/mol. The number of aliphatic hydroxyl groups is 1. The molecule has 0 heterocycles. The van der Waals surface area contributed by atoms with Crippen LogP contribution in [0.3, 0.4) is 0 Å². The van der Waals surface area contributed by atoms with Crippen LogP contribution in [0.5, 0.6) is 0 Å². The summed E-state index contributed by atoms with van der Waals surface area (Å²) in [6.45, 7) is 9.08. The van der Waals surface area contributed by atoms with E-state index in [-0.39, 0.29) is 0 Å². The molecule has 2 heteroatoms. The topological polar surface area (TPSA) is 32.3 Å². The van der Waals surface area contributed by atoms with E-state index in [9.17, 15) is 5.11 Å². The Kier molecular flexibility index (Phi) is 6.35. The molecule has 0 aliphatic carbocycles. The number of rotatable bonds is 7. The second-order valence-corrected chi connectivity index (χ2v) is 4.14. The van der Waals surface area contributed by atoms with Crippen LogP contribution >= 0.6 is 0 Å². The highest BCUT2D eigenvalue weighted by Crippen LogP contribution is 2.11. The molecule has 0 radical (unpaired) electrons. The Morgan fingerprint density at radius 3 is 2.15 bits per heavy atom. The van der Waals surface area contributed by atoms with Crippen LogP contribution in [-0.4, -0.2) is 23.3 Å². The van der Waals surface area contributed by atoms with Gasteiger partial charge in [-0.25, -0.2) is 0 Å². The van der Waals surface area contributed by atoms with Gasteiger partial charge in [-0.1, -0.05) is 27.2 Å². The van der Waals surface area contributed by atoms with Gasteiger partial charge in [0.2, 0.25) is 0 Å². The number of hydrogen-bond donors (Lipinski definition) is 2. The standard InChI is InChI=1S/C11H25NO/c1-5-8-11(4,13)9-12-10(6-2)7-3/h10,12-13H,5-9H2,1-4H3. The van der Waals surface area contributed by atoms with Crippen molar-refractivity contribution in [2.75, 3.05) is 6.54 Å². The first-order valence-electron chi connectivity index (χ1n) is 5.51. The van der Waals surface area contributed by atoms with E-state index < -0.39 is 5.60 Å². The van der Waals surface area contributed by atoms with Crippen molar-refractivity contribution in [3.8, 4) is 0 Å². The van der Waals surface area contributed by atoms with E-state index in [1.165, 1.54) is 0 Å². The van der Waals surface area contributed by atoms with Crippen LogP contribution in [-0.2, 0) is 0 Å². The van der Waals surface area contributed by atoms with Gasteiger partial charge < -0.3 is 10.4 Å². The van der Waals surface area contributed by atoms with Gasteiger partial charge in [0.05, 0.1) is 5.60 Å². The minimum Gasteiger partial charge on any atom is -0.389 e. The summed E-state index contributed by atoms with van der Waals surface area (Å²) >= 11 is 0. The molecule has 0 saturated carbocycles. The van der Waals surface area contributed by atoms with E-state index in [1.807, 2.05) is 6.92 Å². The van der Waals surface area contributed by atoms with Crippen LogP contribution in [0.2, 0.25) is 0 Å². The third kappa shape index (κ3) is 6.05. The van der Waals surface area contributed by atoms with Gasteiger partial charge in [-0.05, 0) is 26.2 Å². The molecule has 0 aromatic rings. The lowest BCUT2D eigenvalue weighted by Crippen LogP contribution is -2.42. The fourth-order valence-corrected chi connectivity index (χ4v) is 1.57. The molecule has 80 valence electrons. The SMILES string of the molecule is CCCC(C)(O)CNC(CC)CC. The number of nitrogens with one attached hydrogen (secondary N) is 1. The molecule has 2 nitrogen and oxygen atoms in total. The van der Waals surface area contributed by atoms with Crippen molar-refractivity contribution in [1.29, 1.82) is 0 Å². The van der Waals surface area contributed by atoms with Crippen LogP contribution in [0.1, 0.15) is 53.4 Å². The van der Waals surface area contributed by atoms with Crippen molar-refractivity contribution >= 4 is 0 Å². The van der Waals surface area contributed by atoms with E-state index in [2.05, 4.69) is 26.1 Å². The Morgan fingerprint density at radius 1 is 1.23 bits per heavy atom. The smallest absolute Gasteiger partial charge is 0.0743 e. The zero-order valence-electron chi connectivity index (χ0n) is 9.56. The molecule has 0 saturated heterocycles. The van der Waals surface area contributed by atoms with E-state index in [0.29, 0.717) is 12.6 Å². The van der Waals surface area contributed by atoms with Gasteiger partial charge in [0.1, 0.15) is 0 Å². The lowest BCUT2D eigenvalue weighted by Gasteiger charge is -2.26. The highest BCUT2D eigenvalue weighted by molar-refractivity contribution is 4.77. The third-order valence-electron chi connectivity index (χ3n) is 2.55. The Morgan fingerprint density at radius 2 is 1.77 bits per heavy atom. The van der Waals surface area contributed by atoms with E-state index in [0.717, 1.165) is 25.7 Å². The molecule has 1 atom stereocenters. The zero-order valence-corrected chi connectivity index (χ0v) is 9.56. The summed E-state index contributed by atoms with van der Waals surface area (Å²) in [4.78, 5) is 0. The van der Waals surface area contributed by atoms with Gasteiger partial charge in [0, 0.05) is 12.6 Å². The second-order valence-electron chi connectivity index (χ2n) is 4.14. The molecule has 13 heavy (non-hydrogen) atoms. The average Bonchev–Trinajstić information content (AvgIpc) is 2.06. The van der Waals surface area contributed by atoms with Gasteiger partial charge in [0.25, 0.3) is 0 Å². The Labute approximate surface area is 82.7 Å². The molecule has 0 spiro atoms. The van der Waals surface area contributed by atoms with E-state index in [4.69, 9.17) is 0 Å².